The van der Waals surface area contributed by atoms with Crippen LogP contribution in [0.4, 0.5) is 0 Å². The van der Waals surface area contributed by atoms with Gasteiger partial charge >= 0.3 is 0 Å². The molecular weight excluding hydrogens is 272 g/mol. The number of aliphatic hydroxyl groups is 2. The zero-order chi connectivity index (χ0) is 16.8. The summed E-state index contributed by atoms with van der Waals surface area (Å²) in [5, 5.41) is 20.5. The monoisotopic (exact) mass is 310 g/mol. The van der Waals surface area contributed by atoms with Gasteiger partial charge in [-0.1, -0.05) is 34.1 Å². The van der Waals surface area contributed by atoms with Gasteiger partial charge in [-0.25, -0.2) is 0 Å². The molecule has 0 bridgehead atoms. The second kappa shape index (κ2) is 6.09. The van der Waals surface area contributed by atoms with Crippen LogP contribution in [0, 0.1) is 28.6 Å². The van der Waals surface area contributed by atoms with Gasteiger partial charge in [-0.15, -0.1) is 0 Å². The third-order valence-corrected chi connectivity index (χ3v) is 7.38. The van der Waals surface area contributed by atoms with Gasteiger partial charge in [0.1, 0.15) is 0 Å². The van der Waals surface area contributed by atoms with Gasteiger partial charge in [0.15, 0.2) is 0 Å². The largest absolute Gasteiger partial charge is 0.393 e. The van der Waals surface area contributed by atoms with Crippen LogP contribution in [0.3, 0.4) is 0 Å². The number of hydrogen-bond donors (Lipinski definition) is 2. The lowest BCUT2D eigenvalue weighted by Crippen LogP contribution is -2.44. The van der Waals surface area contributed by atoms with Crippen LogP contribution in [0.5, 0.6) is 0 Å². The van der Waals surface area contributed by atoms with E-state index in [0.717, 1.165) is 19.3 Å². The second-order valence-corrected chi connectivity index (χ2v) is 9.85. The molecule has 2 aliphatic carbocycles. The molecule has 2 rings (SSSR count). The Kier molecular flexibility index (Phi) is 5.06. The fourth-order valence-corrected chi connectivity index (χ4v) is 5.41. The molecule has 2 saturated carbocycles. The maximum atomic E-state index is 10.4. The molecule has 2 N–H and O–H groups in total. The average Bonchev–Trinajstić information content (AvgIpc) is 2.73. The summed E-state index contributed by atoms with van der Waals surface area (Å²) in [5.41, 5.74) is -0.00577. The third kappa shape index (κ3) is 3.53. The maximum Gasteiger partial charge on any atom is 0.0592 e. The Hall–Kier alpha value is -0.0800. The fourth-order valence-electron chi connectivity index (χ4n) is 5.41. The van der Waals surface area contributed by atoms with Crippen LogP contribution < -0.4 is 0 Å². The average molecular weight is 311 g/mol. The Balaban J connectivity index is 2.10. The Labute approximate surface area is 137 Å². The van der Waals surface area contributed by atoms with Gasteiger partial charge in [0.25, 0.3) is 0 Å². The molecule has 0 aromatic rings. The molecule has 0 aromatic heterocycles. The fraction of sp³-hybridized carbons (Fsp3) is 1.00. The summed E-state index contributed by atoms with van der Waals surface area (Å²) in [5.74, 6) is 1.86. The first-order valence-corrected chi connectivity index (χ1v) is 9.38. The highest BCUT2D eigenvalue weighted by Gasteiger charge is 2.54. The van der Waals surface area contributed by atoms with Gasteiger partial charge in [-0.3, -0.25) is 0 Å². The quantitative estimate of drug-likeness (QED) is 0.767. The van der Waals surface area contributed by atoms with E-state index in [0.29, 0.717) is 23.2 Å². The zero-order valence-electron chi connectivity index (χ0n) is 15.7. The molecule has 2 nitrogen and oxygen atoms in total. The molecule has 130 valence electrons. The predicted molar refractivity (Wildman–Crippen MR) is 92.7 cm³/mol. The summed E-state index contributed by atoms with van der Waals surface area (Å²) in [6, 6.07) is 0. The van der Waals surface area contributed by atoms with Crippen LogP contribution in [-0.4, -0.2) is 21.9 Å². The van der Waals surface area contributed by atoms with Crippen LogP contribution in [-0.2, 0) is 0 Å². The summed E-state index contributed by atoms with van der Waals surface area (Å²) in [4.78, 5) is 0. The minimum absolute atomic E-state index is 0.0737. The van der Waals surface area contributed by atoms with Gasteiger partial charge in [0.2, 0.25) is 0 Å². The molecule has 0 aromatic carbocycles. The van der Waals surface area contributed by atoms with E-state index in [-0.39, 0.29) is 11.5 Å². The van der Waals surface area contributed by atoms with Crippen LogP contribution in [0.25, 0.3) is 0 Å². The topological polar surface area (TPSA) is 40.5 Å². The van der Waals surface area contributed by atoms with Crippen molar-refractivity contribution in [2.75, 3.05) is 0 Å². The molecule has 0 amide bonds. The molecule has 0 heterocycles. The van der Waals surface area contributed by atoms with E-state index in [1.165, 1.54) is 25.7 Å². The lowest BCUT2D eigenvalue weighted by molar-refractivity contribution is -0.0450. The van der Waals surface area contributed by atoms with E-state index in [1.54, 1.807) is 0 Å². The summed E-state index contributed by atoms with van der Waals surface area (Å²) in [6.07, 6.45) is 7.79. The van der Waals surface area contributed by atoms with Crippen molar-refractivity contribution in [3.05, 3.63) is 0 Å². The van der Waals surface area contributed by atoms with E-state index < -0.39 is 5.60 Å². The van der Waals surface area contributed by atoms with Crippen molar-refractivity contribution < 1.29 is 10.2 Å². The van der Waals surface area contributed by atoms with Crippen molar-refractivity contribution >= 4 is 0 Å². The Morgan fingerprint density at radius 3 is 2.32 bits per heavy atom. The van der Waals surface area contributed by atoms with Crippen LogP contribution in [0.2, 0.25) is 0 Å². The number of aliphatic hydroxyl groups excluding tert-OH is 1. The van der Waals surface area contributed by atoms with Crippen LogP contribution in [0.15, 0.2) is 0 Å². The Morgan fingerprint density at radius 2 is 1.73 bits per heavy atom. The highest BCUT2D eigenvalue weighted by molar-refractivity contribution is 5.03. The number of hydrogen-bond acceptors (Lipinski definition) is 2. The van der Waals surface area contributed by atoms with Gasteiger partial charge < -0.3 is 10.2 Å². The normalized spacial score (nSPS) is 37.9. The summed E-state index contributed by atoms with van der Waals surface area (Å²) >= 11 is 0. The van der Waals surface area contributed by atoms with Crippen molar-refractivity contribution in [1.29, 1.82) is 0 Å². The first kappa shape index (κ1) is 18.3. The molecular formula is C20H38O2. The SMILES string of the molecule is C[C@@H]([C@H]1CC[C@H]2[C@@H](O)CCC[C@]12C)C(C)(C)CCC(C)(C)O. The van der Waals surface area contributed by atoms with Gasteiger partial charge in [-0.05, 0) is 81.0 Å². The molecule has 22 heavy (non-hydrogen) atoms. The molecule has 0 aliphatic heterocycles. The zero-order valence-corrected chi connectivity index (χ0v) is 15.7. The first-order chi connectivity index (χ1) is 9.97. The van der Waals surface area contributed by atoms with Crippen molar-refractivity contribution in [1.82, 2.24) is 0 Å². The Morgan fingerprint density at radius 1 is 1.09 bits per heavy atom. The highest BCUT2D eigenvalue weighted by atomic mass is 16.3. The number of rotatable bonds is 5. The van der Waals surface area contributed by atoms with Crippen molar-refractivity contribution in [2.45, 2.75) is 98.2 Å². The molecule has 2 fully saturated rings. The predicted octanol–water partition coefficient (Wildman–Crippen LogP) is 4.78. The minimum Gasteiger partial charge on any atom is -0.393 e. The lowest BCUT2D eigenvalue weighted by Gasteiger charge is -2.48. The molecule has 0 unspecified atom stereocenters. The van der Waals surface area contributed by atoms with Crippen molar-refractivity contribution in [2.24, 2.45) is 28.6 Å². The molecule has 0 saturated heterocycles. The molecule has 0 spiro atoms. The summed E-state index contributed by atoms with van der Waals surface area (Å²) in [7, 11) is 0. The highest BCUT2D eigenvalue weighted by Crippen LogP contribution is 2.60. The molecule has 2 heteroatoms. The molecule has 5 atom stereocenters. The van der Waals surface area contributed by atoms with E-state index in [9.17, 15) is 10.2 Å². The van der Waals surface area contributed by atoms with Gasteiger partial charge in [-0.2, -0.15) is 0 Å². The first-order valence-electron chi connectivity index (χ1n) is 9.38. The summed E-state index contributed by atoms with van der Waals surface area (Å²) in [6.45, 7) is 13.4. The molecule has 0 radical (unpaired) electrons. The standard InChI is InChI=1S/C20H38O2/c1-14(18(2,3)12-13-19(4,5)22)15-9-10-16-17(21)8-7-11-20(15,16)6/h14-17,21-22H,7-13H2,1-6H3/t14-,15+,16-,17-,20+/m0/s1. The van der Waals surface area contributed by atoms with Crippen molar-refractivity contribution in [3.63, 3.8) is 0 Å². The van der Waals surface area contributed by atoms with E-state index in [1.807, 2.05) is 13.8 Å². The summed E-state index contributed by atoms with van der Waals surface area (Å²) < 4.78 is 0. The van der Waals surface area contributed by atoms with E-state index in [4.69, 9.17) is 0 Å². The van der Waals surface area contributed by atoms with Crippen molar-refractivity contribution in [3.8, 4) is 0 Å². The smallest absolute Gasteiger partial charge is 0.0592 e. The van der Waals surface area contributed by atoms with E-state index >= 15 is 0 Å². The van der Waals surface area contributed by atoms with Crippen LogP contribution in [0.1, 0.15) is 86.5 Å². The van der Waals surface area contributed by atoms with E-state index in [2.05, 4.69) is 27.7 Å². The Bertz CT molecular complexity index is 382. The van der Waals surface area contributed by atoms with Gasteiger partial charge in [0.05, 0.1) is 11.7 Å². The number of fused-ring (bicyclic) bond motifs is 1. The third-order valence-electron chi connectivity index (χ3n) is 7.38. The minimum atomic E-state index is -0.569. The molecule has 2 aliphatic rings. The lowest BCUT2D eigenvalue weighted by atomic mass is 9.57. The second-order valence-electron chi connectivity index (χ2n) is 9.85. The maximum absolute atomic E-state index is 10.4. The van der Waals surface area contributed by atoms with Gasteiger partial charge in [0, 0.05) is 0 Å². The van der Waals surface area contributed by atoms with Crippen LogP contribution >= 0.6 is 0 Å².